The number of benzene rings is 1. The van der Waals surface area contributed by atoms with Crippen LogP contribution in [0.4, 0.5) is 5.69 Å². The Kier molecular flexibility index (Phi) is 2.35. The zero-order valence-electron chi connectivity index (χ0n) is 10.1. The number of piperidine rings is 1. The van der Waals surface area contributed by atoms with Crippen molar-refractivity contribution >= 4 is 23.5 Å². The number of carbonyl (C=O) groups excluding carboxylic acids is 2. The van der Waals surface area contributed by atoms with Crippen LogP contribution in [0.25, 0.3) is 0 Å². The Morgan fingerprint density at radius 3 is 2.11 bits per heavy atom. The van der Waals surface area contributed by atoms with Crippen molar-refractivity contribution in [2.45, 2.75) is 0 Å². The van der Waals surface area contributed by atoms with Crippen molar-refractivity contribution in [3.05, 3.63) is 24.3 Å². The second kappa shape index (κ2) is 3.81. The number of aliphatic carboxylic acids is 1. The highest BCUT2D eigenvalue weighted by molar-refractivity contribution is 6.27. The van der Waals surface area contributed by atoms with Crippen LogP contribution < -0.4 is 9.64 Å². The molecule has 98 valence electrons. The van der Waals surface area contributed by atoms with Crippen LogP contribution in [0.1, 0.15) is 0 Å². The number of nitrogens with zero attached hydrogens (tertiary/aromatic N) is 1. The maximum atomic E-state index is 12.0. The van der Waals surface area contributed by atoms with E-state index in [0.717, 1.165) is 4.90 Å². The lowest BCUT2D eigenvalue weighted by atomic mass is 10.2. The SMILES string of the molecule is COc1ccc(N2C(=O)C3C(C(=O)O)C3C2=O)cc1. The van der Waals surface area contributed by atoms with E-state index in [1.807, 2.05) is 0 Å². The Morgan fingerprint density at radius 2 is 1.68 bits per heavy atom. The quantitative estimate of drug-likeness (QED) is 0.802. The maximum absolute atomic E-state index is 12.0. The number of carboxylic acids is 1. The third-order valence-electron chi connectivity index (χ3n) is 3.65. The number of hydrogen-bond donors (Lipinski definition) is 1. The second-order valence-electron chi connectivity index (χ2n) is 4.63. The lowest BCUT2D eigenvalue weighted by Crippen LogP contribution is -2.35. The Labute approximate surface area is 108 Å². The average Bonchev–Trinajstić information content (AvgIpc) is 3.09. The van der Waals surface area contributed by atoms with Crippen LogP contribution >= 0.6 is 0 Å². The summed E-state index contributed by atoms with van der Waals surface area (Å²) in [6.45, 7) is 0. The van der Waals surface area contributed by atoms with Crippen LogP contribution in [0.5, 0.6) is 5.75 Å². The summed E-state index contributed by atoms with van der Waals surface area (Å²) in [4.78, 5) is 36.0. The molecule has 1 heterocycles. The molecule has 2 amide bonds. The number of carboxylic acid groups (broad SMARTS) is 1. The van der Waals surface area contributed by atoms with E-state index in [-0.39, 0.29) is 0 Å². The van der Waals surface area contributed by atoms with E-state index < -0.39 is 35.5 Å². The first-order chi connectivity index (χ1) is 9.06. The molecule has 2 aliphatic rings. The van der Waals surface area contributed by atoms with Gasteiger partial charge in [0.1, 0.15) is 5.75 Å². The summed E-state index contributed by atoms with van der Waals surface area (Å²) < 4.78 is 5.00. The molecule has 6 nitrogen and oxygen atoms in total. The topological polar surface area (TPSA) is 83.9 Å². The molecule has 0 radical (unpaired) electrons. The zero-order valence-corrected chi connectivity index (χ0v) is 10.1. The van der Waals surface area contributed by atoms with Gasteiger partial charge in [-0.3, -0.25) is 19.3 Å². The summed E-state index contributed by atoms with van der Waals surface area (Å²) in [6, 6.07) is 6.51. The van der Waals surface area contributed by atoms with Crippen LogP contribution in [-0.2, 0) is 14.4 Å². The van der Waals surface area contributed by atoms with E-state index in [4.69, 9.17) is 9.84 Å². The standard InChI is InChI=1S/C13H11NO5/c1-19-7-4-2-6(3-5-7)14-11(15)8-9(12(14)16)10(8)13(17)18/h2-5,8-10H,1H3,(H,17,18). The number of anilines is 1. The number of imide groups is 1. The van der Waals surface area contributed by atoms with Gasteiger partial charge in [-0.2, -0.15) is 0 Å². The molecular weight excluding hydrogens is 250 g/mol. The van der Waals surface area contributed by atoms with E-state index in [1.165, 1.54) is 7.11 Å². The van der Waals surface area contributed by atoms with Crippen molar-refractivity contribution in [2.75, 3.05) is 12.0 Å². The van der Waals surface area contributed by atoms with Gasteiger partial charge in [0.2, 0.25) is 11.8 Å². The number of carbonyl (C=O) groups is 3. The van der Waals surface area contributed by atoms with Crippen molar-refractivity contribution < 1.29 is 24.2 Å². The number of amides is 2. The van der Waals surface area contributed by atoms with Crippen LogP contribution in [0.3, 0.4) is 0 Å². The fourth-order valence-corrected chi connectivity index (χ4v) is 2.63. The first-order valence-corrected chi connectivity index (χ1v) is 5.81. The van der Waals surface area contributed by atoms with Gasteiger partial charge in [0.15, 0.2) is 0 Å². The second-order valence-corrected chi connectivity index (χ2v) is 4.63. The highest BCUT2D eigenvalue weighted by Crippen LogP contribution is 2.54. The Morgan fingerprint density at radius 1 is 1.16 bits per heavy atom. The molecule has 2 atom stereocenters. The minimum atomic E-state index is -1.08. The Bertz CT molecular complexity index is 557. The summed E-state index contributed by atoms with van der Waals surface area (Å²) in [5.74, 6) is -3.52. The highest BCUT2D eigenvalue weighted by Gasteiger charge is 2.70. The van der Waals surface area contributed by atoms with Crippen molar-refractivity contribution in [1.29, 1.82) is 0 Å². The maximum Gasteiger partial charge on any atom is 0.308 e. The Balaban J connectivity index is 1.86. The van der Waals surface area contributed by atoms with E-state index in [2.05, 4.69) is 0 Å². The van der Waals surface area contributed by atoms with E-state index >= 15 is 0 Å². The van der Waals surface area contributed by atoms with Gasteiger partial charge in [-0.15, -0.1) is 0 Å². The molecule has 1 saturated heterocycles. The Hall–Kier alpha value is -2.37. The fraction of sp³-hybridized carbons (Fsp3) is 0.308. The molecule has 1 aromatic carbocycles. The molecule has 3 rings (SSSR count). The van der Waals surface area contributed by atoms with Crippen molar-refractivity contribution in [3.8, 4) is 5.75 Å². The van der Waals surface area contributed by atoms with E-state index in [9.17, 15) is 14.4 Å². The first kappa shape index (κ1) is 11.7. The number of ether oxygens (including phenoxy) is 1. The lowest BCUT2D eigenvalue weighted by Gasteiger charge is -2.17. The molecule has 1 aromatic rings. The predicted molar refractivity (Wildman–Crippen MR) is 63.6 cm³/mol. The van der Waals surface area contributed by atoms with Gasteiger partial charge < -0.3 is 9.84 Å². The molecule has 6 heteroatoms. The lowest BCUT2D eigenvalue weighted by molar-refractivity contribution is -0.142. The van der Waals surface area contributed by atoms with Gasteiger partial charge in [0.25, 0.3) is 0 Å². The minimum Gasteiger partial charge on any atom is -0.497 e. The highest BCUT2D eigenvalue weighted by atomic mass is 16.5. The van der Waals surface area contributed by atoms with Crippen molar-refractivity contribution in [2.24, 2.45) is 17.8 Å². The molecule has 19 heavy (non-hydrogen) atoms. The van der Waals surface area contributed by atoms with Gasteiger partial charge in [-0.05, 0) is 24.3 Å². The molecule has 1 aliphatic carbocycles. The molecular formula is C13H11NO5. The zero-order chi connectivity index (χ0) is 13.7. The van der Waals surface area contributed by atoms with Crippen molar-refractivity contribution in [1.82, 2.24) is 0 Å². The van der Waals surface area contributed by atoms with Crippen molar-refractivity contribution in [3.63, 3.8) is 0 Å². The summed E-state index contributed by atoms with van der Waals surface area (Å²) >= 11 is 0. The number of rotatable bonds is 3. The third-order valence-corrected chi connectivity index (χ3v) is 3.65. The fourth-order valence-electron chi connectivity index (χ4n) is 2.63. The van der Waals surface area contributed by atoms with Crippen LogP contribution in [0.2, 0.25) is 0 Å². The van der Waals surface area contributed by atoms with Gasteiger partial charge in [-0.25, -0.2) is 0 Å². The predicted octanol–water partition coefficient (Wildman–Crippen LogP) is 0.515. The third kappa shape index (κ3) is 1.53. The summed E-state index contributed by atoms with van der Waals surface area (Å²) in [5.41, 5.74) is 0.451. The summed E-state index contributed by atoms with van der Waals surface area (Å²) in [5, 5.41) is 8.88. The molecule has 2 fully saturated rings. The van der Waals surface area contributed by atoms with E-state index in [1.54, 1.807) is 24.3 Å². The average molecular weight is 261 g/mol. The largest absolute Gasteiger partial charge is 0.497 e. The van der Waals surface area contributed by atoms with Gasteiger partial charge in [-0.1, -0.05) is 0 Å². The molecule has 1 aliphatic heterocycles. The smallest absolute Gasteiger partial charge is 0.308 e. The van der Waals surface area contributed by atoms with Gasteiger partial charge >= 0.3 is 5.97 Å². The molecule has 1 saturated carbocycles. The van der Waals surface area contributed by atoms with Crippen LogP contribution in [-0.4, -0.2) is 30.0 Å². The normalized spacial score (nSPS) is 28.3. The molecule has 0 spiro atoms. The summed E-state index contributed by atoms with van der Waals surface area (Å²) in [7, 11) is 1.52. The van der Waals surface area contributed by atoms with Crippen LogP contribution in [0.15, 0.2) is 24.3 Å². The minimum absolute atomic E-state index is 0.424. The molecule has 1 N–H and O–H groups in total. The van der Waals surface area contributed by atoms with Crippen LogP contribution in [0, 0.1) is 17.8 Å². The van der Waals surface area contributed by atoms with E-state index in [0.29, 0.717) is 11.4 Å². The molecule has 0 aromatic heterocycles. The number of fused-ring (bicyclic) bond motifs is 1. The molecule has 0 bridgehead atoms. The molecule has 2 unspecified atom stereocenters. The monoisotopic (exact) mass is 261 g/mol. The summed E-state index contributed by atoms with van der Waals surface area (Å²) in [6.07, 6.45) is 0. The number of methoxy groups -OCH3 is 1. The first-order valence-electron chi connectivity index (χ1n) is 5.81. The van der Waals surface area contributed by atoms with Gasteiger partial charge in [0, 0.05) is 0 Å². The van der Waals surface area contributed by atoms with Gasteiger partial charge in [0.05, 0.1) is 30.6 Å². The number of hydrogen-bond acceptors (Lipinski definition) is 4.